The van der Waals surface area contributed by atoms with E-state index in [4.69, 9.17) is 0 Å². The topological polar surface area (TPSA) is 17.8 Å². The maximum atomic E-state index is 4.49. The van der Waals surface area contributed by atoms with Crippen LogP contribution in [0.25, 0.3) is 10.9 Å². The summed E-state index contributed by atoms with van der Waals surface area (Å²) in [5, 5.41) is 5.79. The maximum Gasteiger partial charge on any atom is 0.0926 e. The summed E-state index contributed by atoms with van der Waals surface area (Å²) in [6.45, 7) is 6.54. The van der Waals surface area contributed by atoms with Gasteiger partial charge in [0, 0.05) is 18.1 Å². The summed E-state index contributed by atoms with van der Waals surface area (Å²) in [5.41, 5.74) is 3.72. The fourth-order valence-corrected chi connectivity index (χ4v) is 2.02. The van der Waals surface area contributed by atoms with Crippen molar-refractivity contribution in [3.63, 3.8) is 0 Å². The van der Waals surface area contributed by atoms with Gasteiger partial charge in [-0.25, -0.2) is 0 Å². The summed E-state index contributed by atoms with van der Waals surface area (Å²) in [4.78, 5) is 0. The number of aromatic nitrogens is 2. The number of hydrogen-bond donors (Lipinski definition) is 0. The third-order valence-electron chi connectivity index (χ3n) is 2.58. The van der Waals surface area contributed by atoms with Gasteiger partial charge < -0.3 is 0 Å². The second-order valence-electron chi connectivity index (χ2n) is 4.18. The van der Waals surface area contributed by atoms with Crippen molar-refractivity contribution in [3.05, 3.63) is 29.5 Å². The lowest BCUT2D eigenvalue weighted by Gasteiger charge is -2.05. The van der Waals surface area contributed by atoms with E-state index in [-0.39, 0.29) is 0 Å². The molecule has 2 nitrogen and oxygen atoms in total. The highest BCUT2D eigenvalue weighted by molar-refractivity contribution is 5.82. The molecule has 0 aliphatic carbocycles. The van der Waals surface area contributed by atoms with Crippen LogP contribution in [0.5, 0.6) is 0 Å². The Morgan fingerprint density at radius 2 is 2.00 bits per heavy atom. The van der Waals surface area contributed by atoms with Crippen LogP contribution in [-0.2, 0) is 7.05 Å². The number of hydrogen-bond acceptors (Lipinski definition) is 1. The zero-order valence-electron chi connectivity index (χ0n) is 9.20. The van der Waals surface area contributed by atoms with E-state index in [0.29, 0.717) is 5.92 Å². The highest BCUT2D eigenvalue weighted by Crippen LogP contribution is 2.25. The van der Waals surface area contributed by atoms with Gasteiger partial charge >= 0.3 is 0 Å². The standard InChI is InChI=1S/C12H16N2/c1-8(2)12-10-7-9(3)5-6-11(10)13-14(12)4/h5-8H,1-4H3. The SMILES string of the molecule is Cc1ccc2nn(C)c(C(C)C)c2c1. The largest absolute Gasteiger partial charge is 0.271 e. The molecule has 0 spiro atoms. The lowest BCUT2D eigenvalue weighted by Crippen LogP contribution is -1.99. The van der Waals surface area contributed by atoms with Gasteiger partial charge in [-0.1, -0.05) is 25.5 Å². The lowest BCUT2D eigenvalue weighted by atomic mass is 10.0. The molecule has 2 rings (SSSR count). The quantitative estimate of drug-likeness (QED) is 0.672. The Morgan fingerprint density at radius 3 is 2.64 bits per heavy atom. The van der Waals surface area contributed by atoms with Crippen LogP contribution in [0.3, 0.4) is 0 Å². The third kappa shape index (κ3) is 1.31. The van der Waals surface area contributed by atoms with Crippen LogP contribution >= 0.6 is 0 Å². The fourth-order valence-electron chi connectivity index (χ4n) is 2.02. The van der Waals surface area contributed by atoms with Crippen LogP contribution in [-0.4, -0.2) is 9.78 Å². The molecule has 0 bridgehead atoms. The molecular formula is C12H16N2. The predicted octanol–water partition coefficient (Wildman–Crippen LogP) is 3.01. The van der Waals surface area contributed by atoms with Crippen molar-refractivity contribution in [3.8, 4) is 0 Å². The number of aryl methyl sites for hydroxylation is 2. The van der Waals surface area contributed by atoms with Gasteiger partial charge in [-0.3, -0.25) is 4.68 Å². The Balaban J connectivity index is 2.79. The summed E-state index contributed by atoms with van der Waals surface area (Å²) in [7, 11) is 2.02. The van der Waals surface area contributed by atoms with Gasteiger partial charge in [0.15, 0.2) is 0 Å². The van der Waals surface area contributed by atoms with Gasteiger partial charge in [0.2, 0.25) is 0 Å². The first kappa shape index (κ1) is 9.25. The van der Waals surface area contributed by atoms with Crippen molar-refractivity contribution in [1.82, 2.24) is 9.78 Å². The molecule has 2 heteroatoms. The van der Waals surface area contributed by atoms with Crippen LogP contribution in [0, 0.1) is 6.92 Å². The molecule has 0 saturated heterocycles. The molecule has 74 valence electrons. The Morgan fingerprint density at radius 1 is 1.29 bits per heavy atom. The van der Waals surface area contributed by atoms with E-state index < -0.39 is 0 Å². The Bertz CT molecular complexity index is 466. The van der Waals surface area contributed by atoms with Crippen molar-refractivity contribution in [2.75, 3.05) is 0 Å². The van der Waals surface area contributed by atoms with E-state index in [1.165, 1.54) is 16.6 Å². The molecule has 1 aromatic heterocycles. The summed E-state index contributed by atoms with van der Waals surface area (Å²) in [6, 6.07) is 6.42. The van der Waals surface area contributed by atoms with Gasteiger partial charge in [-0.15, -0.1) is 0 Å². The van der Waals surface area contributed by atoms with Crippen molar-refractivity contribution in [2.45, 2.75) is 26.7 Å². The molecule has 1 heterocycles. The summed E-state index contributed by atoms with van der Waals surface area (Å²) in [5.74, 6) is 0.520. The smallest absolute Gasteiger partial charge is 0.0926 e. The van der Waals surface area contributed by atoms with Crippen molar-refractivity contribution in [1.29, 1.82) is 0 Å². The zero-order chi connectivity index (χ0) is 10.3. The first-order valence-corrected chi connectivity index (χ1v) is 5.03. The maximum absolute atomic E-state index is 4.49. The first-order chi connectivity index (χ1) is 6.59. The van der Waals surface area contributed by atoms with Crippen LogP contribution in [0.1, 0.15) is 31.0 Å². The second-order valence-corrected chi connectivity index (χ2v) is 4.18. The molecule has 14 heavy (non-hydrogen) atoms. The normalized spacial score (nSPS) is 11.5. The molecule has 0 fully saturated rings. The minimum atomic E-state index is 0.520. The van der Waals surface area contributed by atoms with Gasteiger partial charge in [-0.05, 0) is 25.0 Å². The van der Waals surface area contributed by atoms with Crippen molar-refractivity contribution < 1.29 is 0 Å². The van der Waals surface area contributed by atoms with Crippen LogP contribution in [0.2, 0.25) is 0 Å². The summed E-state index contributed by atoms with van der Waals surface area (Å²) < 4.78 is 1.99. The molecule has 0 atom stereocenters. The summed E-state index contributed by atoms with van der Waals surface area (Å²) in [6.07, 6.45) is 0. The molecule has 0 aliphatic heterocycles. The molecule has 2 aromatic rings. The number of benzene rings is 1. The fraction of sp³-hybridized carbons (Fsp3) is 0.417. The minimum absolute atomic E-state index is 0.520. The Labute approximate surface area is 84.5 Å². The zero-order valence-corrected chi connectivity index (χ0v) is 9.20. The molecule has 0 aliphatic rings. The van der Waals surface area contributed by atoms with Gasteiger partial charge in [0.1, 0.15) is 0 Å². The van der Waals surface area contributed by atoms with E-state index in [2.05, 4.69) is 44.1 Å². The Kier molecular flexibility index (Phi) is 2.06. The molecule has 1 aromatic carbocycles. The number of fused-ring (bicyclic) bond motifs is 1. The van der Waals surface area contributed by atoms with Gasteiger partial charge in [0.05, 0.1) is 5.52 Å². The first-order valence-electron chi connectivity index (χ1n) is 5.03. The van der Waals surface area contributed by atoms with Crippen molar-refractivity contribution >= 4 is 10.9 Å². The monoisotopic (exact) mass is 188 g/mol. The van der Waals surface area contributed by atoms with E-state index in [1.807, 2.05) is 11.7 Å². The number of rotatable bonds is 1. The minimum Gasteiger partial charge on any atom is -0.271 e. The predicted molar refractivity (Wildman–Crippen MR) is 59.5 cm³/mol. The second kappa shape index (κ2) is 3.12. The highest BCUT2D eigenvalue weighted by Gasteiger charge is 2.11. The van der Waals surface area contributed by atoms with E-state index >= 15 is 0 Å². The highest BCUT2D eigenvalue weighted by atomic mass is 15.3. The van der Waals surface area contributed by atoms with Crippen molar-refractivity contribution in [2.24, 2.45) is 7.05 Å². The average molecular weight is 188 g/mol. The molecule has 0 amide bonds. The Hall–Kier alpha value is -1.31. The van der Waals surface area contributed by atoms with E-state index in [0.717, 1.165) is 5.52 Å². The van der Waals surface area contributed by atoms with Gasteiger partial charge in [0.25, 0.3) is 0 Å². The van der Waals surface area contributed by atoms with Crippen LogP contribution < -0.4 is 0 Å². The molecule has 0 unspecified atom stereocenters. The average Bonchev–Trinajstić information content (AvgIpc) is 2.40. The lowest BCUT2D eigenvalue weighted by molar-refractivity contribution is 0.677. The third-order valence-corrected chi connectivity index (χ3v) is 2.58. The molecule has 0 radical (unpaired) electrons. The molecule has 0 N–H and O–H groups in total. The molecular weight excluding hydrogens is 172 g/mol. The number of nitrogens with zero attached hydrogens (tertiary/aromatic N) is 2. The van der Waals surface area contributed by atoms with Gasteiger partial charge in [-0.2, -0.15) is 5.10 Å². The van der Waals surface area contributed by atoms with E-state index in [1.54, 1.807) is 0 Å². The van der Waals surface area contributed by atoms with E-state index in [9.17, 15) is 0 Å². The summed E-state index contributed by atoms with van der Waals surface area (Å²) >= 11 is 0. The molecule has 0 saturated carbocycles. The van der Waals surface area contributed by atoms with Crippen LogP contribution in [0.4, 0.5) is 0 Å². The van der Waals surface area contributed by atoms with Crippen LogP contribution in [0.15, 0.2) is 18.2 Å².